The van der Waals surface area contributed by atoms with Crippen LogP contribution in [0.2, 0.25) is 0 Å². The van der Waals surface area contributed by atoms with Crippen LogP contribution >= 0.6 is 0 Å². The highest BCUT2D eigenvalue weighted by Crippen LogP contribution is 2.22. The van der Waals surface area contributed by atoms with Gasteiger partial charge in [-0.1, -0.05) is 18.2 Å². The number of carbonyl (C=O) groups excluding carboxylic acids is 1. The van der Waals surface area contributed by atoms with Crippen molar-refractivity contribution >= 4 is 5.91 Å². The number of carbonyl (C=O) groups is 1. The van der Waals surface area contributed by atoms with E-state index in [0.29, 0.717) is 26.2 Å². The van der Waals surface area contributed by atoms with Crippen molar-refractivity contribution in [1.29, 1.82) is 0 Å². The van der Waals surface area contributed by atoms with E-state index in [1.807, 2.05) is 6.07 Å². The van der Waals surface area contributed by atoms with Gasteiger partial charge in [0.15, 0.2) is 0 Å². The third kappa shape index (κ3) is 4.74. The summed E-state index contributed by atoms with van der Waals surface area (Å²) in [5.41, 5.74) is 6.30. The number of rotatable bonds is 6. The first-order valence-corrected chi connectivity index (χ1v) is 7.67. The van der Waals surface area contributed by atoms with E-state index >= 15 is 0 Å². The van der Waals surface area contributed by atoms with Gasteiger partial charge >= 0.3 is 0 Å². The second-order valence-electron chi connectivity index (χ2n) is 5.70. The normalized spacial score (nSPS) is 19.4. The number of amides is 1. The largest absolute Gasteiger partial charge is 0.355 e. The number of alkyl halides is 2. The van der Waals surface area contributed by atoms with Gasteiger partial charge in [0.2, 0.25) is 5.91 Å². The lowest BCUT2D eigenvalue weighted by molar-refractivity contribution is -0.126. The van der Waals surface area contributed by atoms with E-state index in [1.54, 1.807) is 12.1 Å². The van der Waals surface area contributed by atoms with E-state index in [4.69, 9.17) is 5.73 Å². The number of hydrogen-bond donors (Lipinski definition) is 2. The van der Waals surface area contributed by atoms with Gasteiger partial charge in [-0.25, -0.2) is 8.78 Å². The Hall–Kier alpha value is -1.53. The van der Waals surface area contributed by atoms with Crippen molar-refractivity contribution < 1.29 is 13.6 Å². The molecule has 0 spiro atoms. The Balaban J connectivity index is 1.92. The number of nitrogens with one attached hydrogen (secondary N) is 1. The minimum Gasteiger partial charge on any atom is -0.355 e. The van der Waals surface area contributed by atoms with Crippen molar-refractivity contribution in [3.05, 3.63) is 35.4 Å². The van der Waals surface area contributed by atoms with Crippen molar-refractivity contribution in [2.24, 2.45) is 11.7 Å². The average molecular weight is 311 g/mol. The molecule has 1 saturated heterocycles. The van der Waals surface area contributed by atoms with Crippen LogP contribution < -0.4 is 11.1 Å². The highest BCUT2D eigenvalue weighted by molar-refractivity contribution is 5.78. The zero-order valence-electron chi connectivity index (χ0n) is 12.6. The molecule has 22 heavy (non-hydrogen) atoms. The summed E-state index contributed by atoms with van der Waals surface area (Å²) in [6.45, 7) is 3.07. The van der Waals surface area contributed by atoms with Gasteiger partial charge in [0.1, 0.15) is 0 Å². The number of piperidine rings is 1. The molecule has 0 radical (unpaired) electrons. The van der Waals surface area contributed by atoms with Gasteiger partial charge in [0.05, 0.1) is 5.92 Å². The molecule has 0 saturated carbocycles. The highest BCUT2D eigenvalue weighted by Gasteiger charge is 2.25. The van der Waals surface area contributed by atoms with E-state index in [0.717, 1.165) is 24.9 Å². The standard InChI is InChI=1S/C16H23F2N3O/c17-15(18)13-4-1-3-12(9-13)10-21-8-2-5-14(11-21)16(22)20-7-6-19/h1,3-4,9,14-15H,2,5-8,10-11,19H2,(H,20,22). The number of nitrogens with two attached hydrogens (primary N) is 1. The van der Waals surface area contributed by atoms with Crippen LogP contribution in [-0.2, 0) is 11.3 Å². The molecule has 1 aromatic rings. The summed E-state index contributed by atoms with van der Waals surface area (Å²) in [6, 6.07) is 6.49. The second-order valence-corrected chi connectivity index (χ2v) is 5.70. The molecule has 1 aliphatic heterocycles. The van der Waals surface area contributed by atoms with Crippen LogP contribution in [0.3, 0.4) is 0 Å². The summed E-state index contributed by atoms with van der Waals surface area (Å²) in [4.78, 5) is 14.2. The SMILES string of the molecule is NCCNC(=O)C1CCCN(Cc2cccc(C(F)F)c2)C1. The van der Waals surface area contributed by atoms with Crippen molar-refractivity contribution in [1.82, 2.24) is 10.2 Å². The summed E-state index contributed by atoms with van der Waals surface area (Å²) < 4.78 is 25.5. The smallest absolute Gasteiger partial charge is 0.263 e. The Kier molecular flexibility index (Phi) is 6.27. The van der Waals surface area contributed by atoms with E-state index in [2.05, 4.69) is 10.2 Å². The lowest BCUT2D eigenvalue weighted by atomic mass is 9.96. The molecule has 122 valence electrons. The average Bonchev–Trinajstić information content (AvgIpc) is 2.53. The molecule has 1 aromatic carbocycles. The summed E-state index contributed by atoms with van der Waals surface area (Å²) in [7, 11) is 0. The molecule has 1 heterocycles. The Labute approximate surface area is 129 Å². The summed E-state index contributed by atoms with van der Waals surface area (Å²) in [6.07, 6.45) is -0.643. The van der Waals surface area contributed by atoms with Gasteiger partial charge in [0, 0.05) is 31.7 Å². The highest BCUT2D eigenvalue weighted by atomic mass is 19.3. The molecule has 6 heteroatoms. The molecule has 0 aliphatic carbocycles. The monoisotopic (exact) mass is 311 g/mol. The Morgan fingerprint density at radius 2 is 2.27 bits per heavy atom. The lowest BCUT2D eigenvalue weighted by Crippen LogP contribution is -2.43. The summed E-state index contributed by atoms with van der Waals surface area (Å²) >= 11 is 0. The van der Waals surface area contributed by atoms with Crippen LogP contribution in [0, 0.1) is 5.92 Å². The fraction of sp³-hybridized carbons (Fsp3) is 0.562. The molecule has 2 rings (SSSR count). The number of nitrogens with zero attached hydrogens (tertiary/aromatic N) is 1. The molecule has 0 aromatic heterocycles. The Morgan fingerprint density at radius 3 is 3.00 bits per heavy atom. The molecular weight excluding hydrogens is 288 g/mol. The van der Waals surface area contributed by atoms with Crippen LogP contribution in [0.1, 0.15) is 30.4 Å². The van der Waals surface area contributed by atoms with Crippen molar-refractivity contribution in [3.63, 3.8) is 0 Å². The van der Waals surface area contributed by atoms with E-state index in [1.165, 1.54) is 6.07 Å². The second kappa shape index (κ2) is 8.19. The maximum absolute atomic E-state index is 12.7. The summed E-state index contributed by atoms with van der Waals surface area (Å²) in [5, 5.41) is 2.82. The molecule has 4 nitrogen and oxygen atoms in total. The molecular formula is C16H23F2N3O. The van der Waals surface area contributed by atoms with Crippen molar-refractivity contribution in [3.8, 4) is 0 Å². The topological polar surface area (TPSA) is 58.4 Å². The molecule has 1 aliphatic rings. The number of likely N-dealkylation sites (tertiary alicyclic amines) is 1. The van der Waals surface area contributed by atoms with E-state index in [-0.39, 0.29) is 17.4 Å². The third-order valence-electron chi connectivity index (χ3n) is 3.93. The molecule has 1 fully saturated rings. The first kappa shape index (κ1) is 16.8. The van der Waals surface area contributed by atoms with Crippen molar-refractivity contribution in [2.45, 2.75) is 25.8 Å². The van der Waals surface area contributed by atoms with Crippen LogP contribution in [-0.4, -0.2) is 37.0 Å². The van der Waals surface area contributed by atoms with Gasteiger partial charge in [-0.2, -0.15) is 0 Å². The van der Waals surface area contributed by atoms with Crippen LogP contribution in [0.15, 0.2) is 24.3 Å². The minimum atomic E-state index is -2.45. The zero-order chi connectivity index (χ0) is 15.9. The van der Waals surface area contributed by atoms with Crippen LogP contribution in [0.25, 0.3) is 0 Å². The third-order valence-corrected chi connectivity index (χ3v) is 3.93. The zero-order valence-corrected chi connectivity index (χ0v) is 12.6. The number of hydrogen-bond acceptors (Lipinski definition) is 3. The van der Waals surface area contributed by atoms with E-state index in [9.17, 15) is 13.6 Å². The van der Waals surface area contributed by atoms with Gasteiger partial charge < -0.3 is 11.1 Å². The predicted octanol–water partition coefficient (Wildman–Crippen LogP) is 1.91. The first-order valence-electron chi connectivity index (χ1n) is 7.67. The fourth-order valence-electron chi connectivity index (χ4n) is 2.84. The maximum atomic E-state index is 12.7. The minimum absolute atomic E-state index is 0.0384. The van der Waals surface area contributed by atoms with Crippen LogP contribution in [0.5, 0.6) is 0 Å². The van der Waals surface area contributed by atoms with Gasteiger partial charge in [-0.3, -0.25) is 9.69 Å². The molecule has 3 N–H and O–H groups in total. The maximum Gasteiger partial charge on any atom is 0.263 e. The van der Waals surface area contributed by atoms with Gasteiger partial charge in [-0.15, -0.1) is 0 Å². The first-order chi connectivity index (χ1) is 10.6. The fourth-order valence-corrected chi connectivity index (χ4v) is 2.84. The molecule has 1 amide bonds. The predicted molar refractivity (Wildman–Crippen MR) is 81.5 cm³/mol. The van der Waals surface area contributed by atoms with Crippen LogP contribution in [0.4, 0.5) is 8.78 Å². The lowest BCUT2D eigenvalue weighted by Gasteiger charge is -2.32. The quantitative estimate of drug-likeness (QED) is 0.844. The molecule has 1 atom stereocenters. The Morgan fingerprint density at radius 1 is 1.45 bits per heavy atom. The molecule has 1 unspecified atom stereocenters. The van der Waals surface area contributed by atoms with Gasteiger partial charge in [0.25, 0.3) is 6.43 Å². The number of halogens is 2. The summed E-state index contributed by atoms with van der Waals surface area (Å²) in [5.74, 6) is -0.00457. The van der Waals surface area contributed by atoms with Gasteiger partial charge in [-0.05, 0) is 31.0 Å². The number of benzene rings is 1. The Bertz CT molecular complexity index is 496. The molecule has 0 bridgehead atoms. The van der Waals surface area contributed by atoms with Crippen molar-refractivity contribution in [2.75, 3.05) is 26.2 Å². The van der Waals surface area contributed by atoms with E-state index < -0.39 is 6.43 Å².